The summed E-state index contributed by atoms with van der Waals surface area (Å²) in [6, 6.07) is 8.14. The van der Waals surface area contributed by atoms with Gasteiger partial charge in [0.1, 0.15) is 11.4 Å². The lowest BCUT2D eigenvalue weighted by atomic mass is 10.1. The molecule has 2 aromatic rings. The maximum atomic E-state index is 12.0. The van der Waals surface area contributed by atoms with E-state index in [0.29, 0.717) is 17.1 Å². The van der Waals surface area contributed by atoms with Crippen molar-refractivity contribution < 1.29 is 14.1 Å². The number of benzene rings is 1. The van der Waals surface area contributed by atoms with E-state index in [0.717, 1.165) is 31.9 Å². The zero-order valence-corrected chi connectivity index (χ0v) is 13.9. The van der Waals surface area contributed by atoms with Gasteiger partial charge in [0.05, 0.1) is 13.2 Å². The summed E-state index contributed by atoms with van der Waals surface area (Å²) in [6.45, 7) is 6.92. The molecule has 6 nitrogen and oxygen atoms in total. The van der Waals surface area contributed by atoms with Crippen molar-refractivity contribution in [2.24, 2.45) is 0 Å². The first-order valence-corrected chi connectivity index (χ1v) is 7.98. The zero-order valence-electron chi connectivity index (χ0n) is 13.9. The average Bonchev–Trinajstić information content (AvgIpc) is 2.93. The summed E-state index contributed by atoms with van der Waals surface area (Å²) in [5.74, 6) is 0.394. The third-order valence-corrected chi connectivity index (χ3v) is 3.98. The number of nitrogens with zero attached hydrogens (tertiary/aromatic N) is 2. The number of hydrogen-bond acceptors (Lipinski definition) is 5. The van der Waals surface area contributed by atoms with E-state index in [2.05, 4.69) is 27.5 Å². The molecule has 1 saturated heterocycles. The molecule has 0 atom stereocenters. The van der Waals surface area contributed by atoms with E-state index in [9.17, 15) is 4.79 Å². The van der Waals surface area contributed by atoms with Crippen molar-refractivity contribution in [3.63, 3.8) is 0 Å². The molecule has 24 heavy (non-hydrogen) atoms. The minimum absolute atomic E-state index is 0.207. The zero-order chi connectivity index (χ0) is 16.9. The van der Waals surface area contributed by atoms with Gasteiger partial charge in [0.25, 0.3) is 0 Å². The molecule has 0 aliphatic carbocycles. The largest absolute Gasteiger partial charge is 0.378 e. The number of aryl methyl sites for hydroxylation is 2. The van der Waals surface area contributed by atoms with E-state index in [4.69, 9.17) is 9.26 Å². The lowest BCUT2D eigenvalue weighted by Crippen LogP contribution is -2.36. The van der Waals surface area contributed by atoms with Gasteiger partial charge < -0.3 is 19.5 Å². The molecule has 1 amide bonds. The quantitative estimate of drug-likeness (QED) is 0.875. The van der Waals surface area contributed by atoms with Crippen molar-refractivity contribution in [2.45, 2.75) is 13.8 Å². The highest BCUT2D eigenvalue weighted by Crippen LogP contribution is 2.19. The van der Waals surface area contributed by atoms with Gasteiger partial charge in [0.2, 0.25) is 5.91 Å². The Labute approximate surface area is 141 Å². The van der Waals surface area contributed by atoms with E-state index < -0.39 is 0 Å². The molecule has 2 heterocycles. The highest BCUT2D eigenvalue weighted by atomic mass is 16.5. The molecule has 3 rings (SSSR count). The molecule has 0 bridgehead atoms. The minimum atomic E-state index is -0.207. The fraction of sp³-hybridized carbons (Fsp3) is 0.333. The topological polar surface area (TPSA) is 67.6 Å². The first kappa shape index (κ1) is 16.3. The molecule has 0 saturated carbocycles. The lowest BCUT2D eigenvalue weighted by Gasteiger charge is -2.28. The van der Waals surface area contributed by atoms with Gasteiger partial charge in [-0.2, -0.15) is 0 Å². The molecule has 0 unspecified atom stereocenters. The molecule has 0 radical (unpaired) electrons. The summed E-state index contributed by atoms with van der Waals surface area (Å²) < 4.78 is 10.4. The highest BCUT2D eigenvalue weighted by molar-refractivity contribution is 6.02. The fourth-order valence-corrected chi connectivity index (χ4v) is 2.62. The van der Waals surface area contributed by atoms with Crippen molar-refractivity contribution in [3.8, 4) is 0 Å². The first-order valence-electron chi connectivity index (χ1n) is 7.98. The van der Waals surface area contributed by atoms with E-state index in [1.165, 1.54) is 11.8 Å². The number of rotatable bonds is 4. The van der Waals surface area contributed by atoms with Crippen LogP contribution in [0, 0.1) is 13.8 Å². The maximum Gasteiger partial charge on any atom is 0.248 e. The van der Waals surface area contributed by atoms with Crippen LogP contribution in [0.15, 0.2) is 34.9 Å². The van der Waals surface area contributed by atoms with Crippen molar-refractivity contribution in [1.29, 1.82) is 0 Å². The number of nitrogens with one attached hydrogen (secondary N) is 1. The molecule has 1 aromatic heterocycles. The number of hydrogen-bond donors (Lipinski definition) is 1. The molecule has 126 valence electrons. The number of carbonyl (C=O) groups is 1. The Morgan fingerprint density at radius 2 is 1.92 bits per heavy atom. The fourth-order valence-electron chi connectivity index (χ4n) is 2.62. The van der Waals surface area contributed by atoms with Crippen molar-refractivity contribution in [2.75, 3.05) is 36.5 Å². The lowest BCUT2D eigenvalue weighted by molar-refractivity contribution is -0.111. The molecule has 1 fully saturated rings. The Morgan fingerprint density at radius 3 is 2.54 bits per heavy atom. The Balaban J connectivity index is 1.60. The maximum absolute atomic E-state index is 12.0. The molecule has 1 aromatic carbocycles. The van der Waals surface area contributed by atoms with Crippen LogP contribution in [0.2, 0.25) is 0 Å². The first-order chi connectivity index (χ1) is 11.6. The number of anilines is 2. The van der Waals surface area contributed by atoms with Crippen molar-refractivity contribution in [1.82, 2.24) is 5.16 Å². The smallest absolute Gasteiger partial charge is 0.248 e. The SMILES string of the molecule is Cc1noc(C)c1NC(=O)/C=C/c1ccc(N2CCOCC2)cc1. The third kappa shape index (κ3) is 3.83. The predicted octanol–water partition coefficient (Wildman–Crippen LogP) is 2.78. The summed E-state index contributed by atoms with van der Waals surface area (Å²) in [5.41, 5.74) is 3.45. The van der Waals surface area contributed by atoms with Crippen LogP contribution in [0.1, 0.15) is 17.0 Å². The molecule has 1 N–H and O–H groups in total. The van der Waals surface area contributed by atoms with Crippen LogP contribution < -0.4 is 10.2 Å². The standard InChI is InChI=1S/C18H21N3O3/c1-13-18(14(2)24-20-13)19-17(22)8-5-15-3-6-16(7-4-15)21-9-11-23-12-10-21/h3-8H,9-12H2,1-2H3,(H,19,22)/b8-5+. The molecule has 6 heteroatoms. The van der Waals surface area contributed by atoms with E-state index in [-0.39, 0.29) is 5.91 Å². The molecule has 0 spiro atoms. The predicted molar refractivity (Wildman–Crippen MR) is 93.1 cm³/mol. The second-order valence-corrected chi connectivity index (χ2v) is 5.71. The number of aromatic nitrogens is 1. The van der Waals surface area contributed by atoms with Crippen molar-refractivity contribution >= 4 is 23.4 Å². The van der Waals surface area contributed by atoms with E-state index in [1.807, 2.05) is 12.1 Å². The second kappa shape index (κ2) is 7.31. The van der Waals surface area contributed by atoms with Crippen LogP contribution >= 0.6 is 0 Å². The second-order valence-electron chi connectivity index (χ2n) is 5.71. The van der Waals surface area contributed by atoms with Crippen LogP contribution in [0.3, 0.4) is 0 Å². The molecular weight excluding hydrogens is 306 g/mol. The molecule has 1 aliphatic rings. The number of carbonyl (C=O) groups excluding carboxylic acids is 1. The van der Waals surface area contributed by atoms with Crippen LogP contribution in [0.25, 0.3) is 6.08 Å². The summed E-state index contributed by atoms with van der Waals surface area (Å²) in [6.07, 6.45) is 3.30. The van der Waals surface area contributed by atoms with Crippen LogP contribution in [0.5, 0.6) is 0 Å². The Morgan fingerprint density at radius 1 is 1.21 bits per heavy atom. The Hall–Kier alpha value is -2.60. The normalized spacial score (nSPS) is 15.0. The summed E-state index contributed by atoms with van der Waals surface area (Å²) in [4.78, 5) is 14.3. The van der Waals surface area contributed by atoms with Crippen LogP contribution in [-0.4, -0.2) is 37.4 Å². The van der Waals surface area contributed by atoms with Gasteiger partial charge in [0, 0.05) is 24.9 Å². The van der Waals surface area contributed by atoms with Gasteiger partial charge in [-0.15, -0.1) is 0 Å². The van der Waals surface area contributed by atoms with Gasteiger partial charge in [-0.1, -0.05) is 17.3 Å². The molecule has 1 aliphatic heterocycles. The minimum Gasteiger partial charge on any atom is -0.378 e. The Kier molecular flexibility index (Phi) is 4.96. The third-order valence-electron chi connectivity index (χ3n) is 3.98. The monoisotopic (exact) mass is 327 g/mol. The van der Waals surface area contributed by atoms with Crippen LogP contribution in [0.4, 0.5) is 11.4 Å². The number of amides is 1. The summed E-state index contributed by atoms with van der Waals surface area (Å²) in [5, 5.41) is 6.60. The van der Waals surface area contributed by atoms with E-state index >= 15 is 0 Å². The number of ether oxygens (including phenoxy) is 1. The van der Waals surface area contributed by atoms with Crippen molar-refractivity contribution in [3.05, 3.63) is 47.4 Å². The van der Waals surface area contributed by atoms with Gasteiger partial charge in [-0.3, -0.25) is 4.79 Å². The summed E-state index contributed by atoms with van der Waals surface area (Å²) >= 11 is 0. The Bertz CT molecular complexity index is 709. The summed E-state index contributed by atoms with van der Waals surface area (Å²) in [7, 11) is 0. The number of morpholine rings is 1. The van der Waals surface area contributed by atoms with E-state index in [1.54, 1.807) is 19.9 Å². The molecular formula is C18H21N3O3. The average molecular weight is 327 g/mol. The van der Waals surface area contributed by atoms with Crippen LogP contribution in [-0.2, 0) is 9.53 Å². The van der Waals surface area contributed by atoms with Gasteiger partial charge in [0.15, 0.2) is 5.76 Å². The van der Waals surface area contributed by atoms with Gasteiger partial charge in [-0.25, -0.2) is 0 Å². The van der Waals surface area contributed by atoms with Gasteiger partial charge >= 0.3 is 0 Å². The highest BCUT2D eigenvalue weighted by Gasteiger charge is 2.11. The van der Waals surface area contributed by atoms with Gasteiger partial charge in [-0.05, 0) is 37.6 Å².